The maximum absolute atomic E-state index is 13.1. The number of benzene rings is 2. The number of rotatable bonds is 8. The molecule has 198 valence electrons. The van der Waals surface area contributed by atoms with Gasteiger partial charge in [0, 0.05) is 43.3 Å². The standard InChI is InChI=1S/C24H27N5O6S.ClH/c1-33-20-12-17-19(13-21(20)34-2)25-14-26-23(17)22-16-11-15(3-4-18(16)28-24(22)30)36(31,32)27-5-6-29-7-9-35-10-8-29;/h3-4,11-14,22,27H,5-10H2,1-2H3,(H,28,30);1H. The van der Waals surface area contributed by atoms with Crippen molar-refractivity contribution in [2.24, 2.45) is 0 Å². The molecule has 13 heteroatoms. The third-order valence-electron chi connectivity index (χ3n) is 6.43. The second-order valence-electron chi connectivity index (χ2n) is 8.51. The minimum absolute atomic E-state index is 0. The van der Waals surface area contributed by atoms with Gasteiger partial charge in [-0.05, 0) is 29.8 Å². The summed E-state index contributed by atoms with van der Waals surface area (Å²) in [6.07, 6.45) is 1.38. The van der Waals surface area contributed by atoms with Crippen LogP contribution in [0, 0.1) is 0 Å². The quantitative estimate of drug-likeness (QED) is 0.431. The number of nitrogens with one attached hydrogen (secondary N) is 2. The summed E-state index contributed by atoms with van der Waals surface area (Å²) in [7, 11) is -0.731. The Hall–Kier alpha value is -3.03. The van der Waals surface area contributed by atoms with Crippen LogP contribution in [0.15, 0.2) is 41.6 Å². The third kappa shape index (κ3) is 5.34. The predicted molar refractivity (Wildman–Crippen MR) is 139 cm³/mol. The molecule has 3 heterocycles. The summed E-state index contributed by atoms with van der Waals surface area (Å²) in [5.74, 6) is -0.135. The van der Waals surface area contributed by atoms with Gasteiger partial charge >= 0.3 is 0 Å². The molecule has 0 bridgehead atoms. The summed E-state index contributed by atoms with van der Waals surface area (Å²) in [5, 5.41) is 3.45. The molecule has 2 aliphatic rings. The summed E-state index contributed by atoms with van der Waals surface area (Å²) in [6.45, 7) is 3.72. The Kier molecular flexibility index (Phi) is 8.14. The highest BCUT2D eigenvalue weighted by Gasteiger charge is 2.35. The van der Waals surface area contributed by atoms with E-state index in [0.29, 0.717) is 59.1 Å². The lowest BCUT2D eigenvalue weighted by molar-refractivity contribution is -0.116. The fraction of sp³-hybridized carbons (Fsp3) is 0.375. The van der Waals surface area contributed by atoms with Crippen LogP contribution in [-0.2, 0) is 19.6 Å². The van der Waals surface area contributed by atoms with Crippen molar-refractivity contribution in [1.29, 1.82) is 0 Å². The molecule has 0 radical (unpaired) electrons. The maximum Gasteiger partial charge on any atom is 0.240 e. The first-order chi connectivity index (χ1) is 17.4. The van der Waals surface area contributed by atoms with Crippen LogP contribution in [0.5, 0.6) is 11.5 Å². The SMILES string of the molecule is COc1cc2ncnc(C3C(=O)Nc4ccc(S(=O)(=O)NCCN5CCOCC5)cc43)c2cc1OC.Cl. The second-order valence-corrected chi connectivity index (χ2v) is 10.3. The molecule has 0 saturated carbocycles. The predicted octanol–water partition coefficient (Wildman–Crippen LogP) is 1.76. The Morgan fingerprint density at radius 2 is 1.84 bits per heavy atom. The molecule has 3 aromatic rings. The number of anilines is 1. The van der Waals surface area contributed by atoms with Crippen LogP contribution in [0.2, 0.25) is 0 Å². The van der Waals surface area contributed by atoms with Crippen LogP contribution in [0.25, 0.3) is 10.9 Å². The molecule has 37 heavy (non-hydrogen) atoms. The van der Waals surface area contributed by atoms with E-state index in [-0.39, 0.29) is 29.8 Å². The van der Waals surface area contributed by atoms with Gasteiger partial charge in [0.05, 0.1) is 43.5 Å². The summed E-state index contributed by atoms with van der Waals surface area (Å²) in [6, 6.07) is 8.07. The van der Waals surface area contributed by atoms with Gasteiger partial charge in [-0.1, -0.05) is 0 Å². The van der Waals surface area contributed by atoms with Crippen LogP contribution in [0.3, 0.4) is 0 Å². The summed E-state index contributed by atoms with van der Waals surface area (Å²) in [5.41, 5.74) is 2.11. The van der Waals surface area contributed by atoms with Gasteiger partial charge in [0.2, 0.25) is 15.9 Å². The van der Waals surface area contributed by atoms with Gasteiger partial charge in [0.15, 0.2) is 11.5 Å². The van der Waals surface area contributed by atoms with Gasteiger partial charge < -0.3 is 19.5 Å². The van der Waals surface area contributed by atoms with Gasteiger partial charge in [0.25, 0.3) is 0 Å². The minimum atomic E-state index is -3.78. The van der Waals surface area contributed by atoms with Crippen LogP contribution in [-0.4, -0.2) is 82.8 Å². The van der Waals surface area contributed by atoms with E-state index in [9.17, 15) is 13.2 Å². The van der Waals surface area contributed by atoms with Crippen LogP contribution in [0.1, 0.15) is 17.2 Å². The molecule has 0 aliphatic carbocycles. The summed E-state index contributed by atoms with van der Waals surface area (Å²) in [4.78, 5) is 24.0. The van der Waals surface area contributed by atoms with Crippen molar-refractivity contribution in [2.75, 3.05) is 58.9 Å². The maximum atomic E-state index is 13.1. The molecule has 2 N–H and O–H groups in total. The van der Waals surface area contributed by atoms with Gasteiger partial charge in [0.1, 0.15) is 12.2 Å². The van der Waals surface area contributed by atoms with Crippen LogP contribution < -0.4 is 19.5 Å². The molecule has 0 spiro atoms. The number of carbonyl (C=O) groups excluding carboxylic acids is 1. The van der Waals surface area contributed by atoms with E-state index in [2.05, 4.69) is 24.9 Å². The van der Waals surface area contributed by atoms with E-state index < -0.39 is 15.9 Å². The molecule has 2 aliphatic heterocycles. The molecule has 1 fully saturated rings. The van der Waals surface area contributed by atoms with Crippen molar-refractivity contribution < 1.29 is 27.4 Å². The average Bonchev–Trinajstić information content (AvgIpc) is 3.22. The number of fused-ring (bicyclic) bond motifs is 2. The van der Waals surface area contributed by atoms with Crippen molar-refractivity contribution in [3.63, 3.8) is 0 Å². The van der Waals surface area contributed by atoms with E-state index in [4.69, 9.17) is 14.2 Å². The van der Waals surface area contributed by atoms with Crippen molar-refractivity contribution in [2.45, 2.75) is 10.8 Å². The normalized spacial score (nSPS) is 17.7. The Morgan fingerprint density at radius 1 is 1.11 bits per heavy atom. The number of hydrogen-bond acceptors (Lipinski definition) is 9. The summed E-state index contributed by atoms with van der Waals surface area (Å²) >= 11 is 0. The molecule has 5 rings (SSSR count). The number of halogens is 1. The van der Waals surface area contributed by atoms with E-state index >= 15 is 0 Å². The largest absolute Gasteiger partial charge is 0.493 e. The number of methoxy groups -OCH3 is 2. The van der Waals surface area contributed by atoms with Crippen molar-refractivity contribution >= 4 is 44.9 Å². The Morgan fingerprint density at radius 3 is 2.57 bits per heavy atom. The topological polar surface area (TPSA) is 132 Å². The number of ether oxygens (including phenoxy) is 3. The smallest absolute Gasteiger partial charge is 0.240 e. The van der Waals surface area contributed by atoms with Crippen LogP contribution >= 0.6 is 12.4 Å². The lowest BCUT2D eigenvalue weighted by Gasteiger charge is -2.26. The zero-order valence-corrected chi connectivity index (χ0v) is 22.0. The van der Waals surface area contributed by atoms with Gasteiger partial charge in [-0.25, -0.2) is 23.1 Å². The Labute approximate surface area is 221 Å². The highest BCUT2D eigenvalue weighted by Crippen LogP contribution is 2.41. The monoisotopic (exact) mass is 549 g/mol. The average molecular weight is 550 g/mol. The van der Waals surface area contributed by atoms with Gasteiger partial charge in [-0.2, -0.15) is 0 Å². The first kappa shape index (κ1) is 27.0. The highest BCUT2D eigenvalue weighted by atomic mass is 35.5. The molecule has 11 nitrogen and oxygen atoms in total. The molecule has 1 atom stereocenters. The molecule has 1 saturated heterocycles. The molecule has 1 amide bonds. The fourth-order valence-electron chi connectivity index (χ4n) is 4.56. The Bertz CT molecular complexity index is 1410. The first-order valence-corrected chi connectivity index (χ1v) is 13.0. The number of morpholine rings is 1. The van der Waals surface area contributed by atoms with Crippen molar-refractivity contribution in [3.05, 3.63) is 47.9 Å². The molecule has 1 aromatic heterocycles. The zero-order chi connectivity index (χ0) is 25.3. The zero-order valence-electron chi connectivity index (χ0n) is 20.4. The van der Waals surface area contributed by atoms with Crippen LogP contribution in [0.4, 0.5) is 5.69 Å². The summed E-state index contributed by atoms with van der Waals surface area (Å²) < 4.78 is 44.9. The molecule has 2 aromatic carbocycles. The number of carbonyl (C=O) groups is 1. The van der Waals surface area contributed by atoms with E-state index in [1.54, 1.807) is 18.2 Å². The second kappa shape index (κ2) is 11.2. The van der Waals surface area contributed by atoms with E-state index in [0.717, 1.165) is 13.1 Å². The number of sulfonamides is 1. The lowest BCUT2D eigenvalue weighted by Crippen LogP contribution is -2.41. The van der Waals surface area contributed by atoms with E-state index in [1.807, 2.05) is 0 Å². The van der Waals surface area contributed by atoms with E-state index in [1.165, 1.54) is 32.7 Å². The lowest BCUT2D eigenvalue weighted by atomic mass is 9.94. The van der Waals surface area contributed by atoms with Crippen molar-refractivity contribution in [3.8, 4) is 11.5 Å². The minimum Gasteiger partial charge on any atom is -0.493 e. The van der Waals surface area contributed by atoms with Crippen molar-refractivity contribution in [1.82, 2.24) is 19.6 Å². The highest BCUT2D eigenvalue weighted by molar-refractivity contribution is 7.89. The molecular weight excluding hydrogens is 522 g/mol. The molecule has 1 unspecified atom stereocenters. The number of amides is 1. The fourth-order valence-corrected chi connectivity index (χ4v) is 5.61. The Balaban J connectivity index is 0.00000320. The number of hydrogen-bond donors (Lipinski definition) is 2. The van der Waals surface area contributed by atoms with Gasteiger partial charge in [-0.15, -0.1) is 12.4 Å². The molecular formula is C24H28ClN5O6S. The number of nitrogens with zero attached hydrogens (tertiary/aromatic N) is 3. The number of aromatic nitrogens is 2. The third-order valence-corrected chi connectivity index (χ3v) is 7.89. The first-order valence-electron chi connectivity index (χ1n) is 11.5. The van der Waals surface area contributed by atoms with Gasteiger partial charge in [-0.3, -0.25) is 9.69 Å².